The number of quaternary nitrogens is 1. The summed E-state index contributed by atoms with van der Waals surface area (Å²) in [4.78, 5) is 14.4. The molecule has 3 aromatic rings. The van der Waals surface area contributed by atoms with Gasteiger partial charge in [0.05, 0.1) is 29.1 Å². The van der Waals surface area contributed by atoms with Crippen molar-refractivity contribution in [2.24, 2.45) is 0 Å². The molecule has 2 N–H and O–H groups in total. The van der Waals surface area contributed by atoms with Crippen molar-refractivity contribution in [3.05, 3.63) is 63.0 Å². The largest absolute Gasteiger partial charge is 0.507 e. The number of phenols is 1. The highest BCUT2D eigenvalue weighted by molar-refractivity contribution is 6.30. The average molecular weight is 453 g/mol. The fourth-order valence-electron chi connectivity index (χ4n) is 4.32. The summed E-state index contributed by atoms with van der Waals surface area (Å²) in [7, 11) is 0. The molecule has 0 spiro atoms. The van der Waals surface area contributed by atoms with Crippen molar-refractivity contribution in [2.75, 3.05) is 6.54 Å². The number of hydrogen-bond acceptors (Lipinski definition) is 3. The van der Waals surface area contributed by atoms with Gasteiger partial charge in [0.2, 0.25) is 11.2 Å². The van der Waals surface area contributed by atoms with Crippen LogP contribution in [0.15, 0.2) is 45.6 Å². The van der Waals surface area contributed by atoms with Crippen molar-refractivity contribution < 1.29 is 27.6 Å². The first kappa shape index (κ1) is 21.7. The zero-order chi connectivity index (χ0) is 22.3. The lowest BCUT2D eigenvalue weighted by Crippen LogP contribution is -3.14. The Morgan fingerprint density at radius 3 is 2.68 bits per heavy atom. The van der Waals surface area contributed by atoms with Gasteiger partial charge in [0.15, 0.2) is 5.58 Å². The number of phenolic OH excluding ortho intramolecular Hbond substituents is 1. The molecule has 1 aliphatic heterocycles. The lowest BCUT2D eigenvalue weighted by Gasteiger charge is -2.30. The quantitative estimate of drug-likeness (QED) is 0.600. The number of nitrogens with one attached hydrogen (secondary N) is 1. The van der Waals surface area contributed by atoms with Gasteiger partial charge in [0.25, 0.3) is 0 Å². The van der Waals surface area contributed by atoms with E-state index in [1.807, 2.05) is 0 Å². The molecule has 0 saturated carbocycles. The number of aromatic hydroxyl groups is 1. The topological polar surface area (TPSA) is 54.9 Å². The normalized spacial score (nSPS) is 19.6. The van der Waals surface area contributed by atoms with Crippen molar-refractivity contribution in [3.63, 3.8) is 0 Å². The molecule has 2 aromatic carbocycles. The number of halogens is 4. The molecule has 1 aromatic heterocycles. The van der Waals surface area contributed by atoms with Crippen LogP contribution < -0.4 is 10.3 Å². The third-order valence-corrected chi connectivity index (χ3v) is 6.23. The molecule has 4 rings (SSSR count). The van der Waals surface area contributed by atoms with E-state index in [9.17, 15) is 23.1 Å². The standard InChI is InChI=1S/C23H21ClF3NO3/c1-13-5-2-3-10-28(13)12-17-18(29)9-8-16-20(30)19(14-6-4-7-15(24)11-14)22(23(25,26)27)31-21(16)17/h4,6-9,11,13,29H,2-3,5,10,12H2,1H3/p+1/t13-/m1/s1. The Morgan fingerprint density at radius 2 is 2.00 bits per heavy atom. The summed E-state index contributed by atoms with van der Waals surface area (Å²) >= 11 is 5.95. The zero-order valence-corrected chi connectivity index (χ0v) is 17.6. The van der Waals surface area contributed by atoms with Gasteiger partial charge in [-0.25, -0.2) is 0 Å². The Balaban J connectivity index is 1.97. The molecule has 4 nitrogen and oxygen atoms in total. The highest BCUT2D eigenvalue weighted by Crippen LogP contribution is 2.39. The summed E-state index contributed by atoms with van der Waals surface area (Å²) in [6.07, 6.45) is -1.80. The van der Waals surface area contributed by atoms with E-state index in [1.165, 1.54) is 36.4 Å². The van der Waals surface area contributed by atoms with Gasteiger partial charge >= 0.3 is 6.18 Å². The number of hydrogen-bond donors (Lipinski definition) is 2. The lowest BCUT2D eigenvalue weighted by molar-refractivity contribution is -0.941. The minimum Gasteiger partial charge on any atom is -0.507 e. The highest BCUT2D eigenvalue weighted by Gasteiger charge is 2.40. The smallest absolute Gasteiger partial charge is 0.450 e. The number of fused-ring (bicyclic) bond motifs is 1. The molecule has 1 saturated heterocycles. The van der Waals surface area contributed by atoms with Gasteiger partial charge in [-0.1, -0.05) is 23.7 Å². The first-order chi connectivity index (χ1) is 14.7. The van der Waals surface area contributed by atoms with Crippen LogP contribution in [0.3, 0.4) is 0 Å². The minimum absolute atomic E-state index is 0.000150. The van der Waals surface area contributed by atoms with Crippen LogP contribution >= 0.6 is 11.6 Å². The Bertz CT molecular complexity index is 1190. The van der Waals surface area contributed by atoms with Gasteiger partial charge in [-0.15, -0.1) is 0 Å². The van der Waals surface area contributed by atoms with Crippen LogP contribution in [-0.2, 0) is 12.7 Å². The highest BCUT2D eigenvalue weighted by atomic mass is 35.5. The van der Waals surface area contributed by atoms with Crippen molar-refractivity contribution in [1.82, 2.24) is 0 Å². The average Bonchev–Trinajstić information content (AvgIpc) is 2.70. The summed E-state index contributed by atoms with van der Waals surface area (Å²) in [5.41, 5.74) is -1.35. The summed E-state index contributed by atoms with van der Waals surface area (Å²) in [5.74, 6) is -1.56. The Hall–Kier alpha value is -2.51. The van der Waals surface area contributed by atoms with E-state index in [-0.39, 0.29) is 39.4 Å². The second kappa shape index (κ2) is 8.20. The van der Waals surface area contributed by atoms with Crippen molar-refractivity contribution in [2.45, 2.75) is 44.9 Å². The van der Waals surface area contributed by atoms with Crippen LogP contribution in [0.25, 0.3) is 22.1 Å². The van der Waals surface area contributed by atoms with Crippen molar-refractivity contribution >= 4 is 22.6 Å². The second-order valence-electron chi connectivity index (χ2n) is 8.07. The van der Waals surface area contributed by atoms with Crippen molar-refractivity contribution in [1.29, 1.82) is 0 Å². The van der Waals surface area contributed by atoms with Gasteiger partial charge in [-0.05, 0) is 56.0 Å². The van der Waals surface area contributed by atoms with Crippen LogP contribution in [0.1, 0.15) is 37.5 Å². The fraction of sp³-hybridized carbons (Fsp3) is 0.348. The van der Waals surface area contributed by atoms with E-state index in [0.29, 0.717) is 6.04 Å². The Labute approximate surface area is 181 Å². The van der Waals surface area contributed by atoms with Gasteiger partial charge < -0.3 is 14.4 Å². The molecule has 2 heterocycles. The monoisotopic (exact) mass is 452 g/mol. The van der Waals surface area contributed by atoms with Crippen LogP contribution in [0.2, 0.25) is 5.02 Å². The maximum atomic E-state index is 14.0. The van der Waals surface area contributed by atoms with Gasteiger partial charge in [0, 0.05) is 5.02 Å². The van der Waals surface area contributed by atoms with E-state index in [4.69, 9.17) is 16.0 Å². The number of alkyl halides is 3. The molecule has 31 heavy (non-hydrogen) atoms. The molecular formula is C23H22ClF3NO3+. The third-order valence-electron chi connectivity index (χ3n) is 6.00. The van der Waals surface area contributed by atoms with E-state index in [1.54, 1.807) is 0 Å². The molecule has 1 fully saturated rings. The van der Waals surface area contributed by atoms with Gasteiger partial charge in [-0.2, -0.15) is 13.2 Å². The number of piperidine rings is 1. The van der Waals surface area contributed by atoms with Crippen LogP contribution in [0.5, 0.6) is 5.75 Å². The van der Waals surface area contributed by atoms with E-state index >= 15 is 0 Å². The molecular weight excluding hydrogens is 431 g/mol. The summed E-state index contributed by atoms with van der Waals surface area (Å²) in [6.45, 7) is 3.19. The van der Waals surface area contributed by atoms with Crippen LogP contribution in [-0.4, -0.2) is 17.7 Å². The Kier molecular flexibility index (Phi) is 5.75. The van der Waals surface area contributed by atoms with E-state index in [2.05, 4.69) is 6.92 Å². The summed E-state index contributed by atoms with van der Waals surface area (Å²) in [6, 6.07) is 8.63. The number of rotatable bonds is 3. The van der Waals surface area contributed by atoms with Crippen LogP contribution in [0.4, 0.5) is 13.2 Å². The molecule has 2 atom stereocenters. The predicted octanol–water partition coefficient (Wildman–Crippen LogP) is 4.80. The SMILES string of the molecule is C[C@@H]1CCCC[NH+]1Cc1c(O)ccc2c(=O)c(-c3cccc(Cl)c3)c(C(F)(F)F)oc12. The van der Waals surface area contributed by atoms with E-state index < -0.39 is 22.9 Å². The molecule has 1 unspecified atom stereocenters. The van der Waals surface area contributed by atoms with Crippen molar-refractivity contribution in [3.8, 4) is 16.9 Å². The van der Waals surface area contributed by atoms with E-state index in [0.717, 1.165) is 30.7 Å². The molecule has 1 aliphatic rings. The molecule has 0 amide bonds. The lowest BCUT2D eigenvalue weighted by atomic mass is 9.99. The first-order valence-corrected chi connectivity index (χ1v) is 10.5. The van der Waals surface area contributed by atoms with Gasteiger partial charge in [-0.3, -0.25) is 4.79 Å². The van der Waals surface area contributed by atoms with Crippen LogP contribution in [0, 0.1) is 0 Å². The Morgan fingerprint density at radius 1 is 1.23 bits per heavy atom. The number of likely N-dealkylation sites (tertiary alicyclic amines) is 1. The first-order valence-electron chi connectivity index (χ1n) is 10.2. The predicted molar refractivity (Wildman–Crippen MR) is 112 cm³/mol. The summed E-state index contributed by atoms with van der Waals surface area (Å²) in [5, 5.41) is 10.7. The maximum absolute atomic E-state index is 14.0. The summed E-state index contributed by atoms with van der Waals surface area (Å²) < 4.78 is 47.3. The number of benzene rings is 2. The fourth-order valence-corrected chi connectivity index (χ4v) is 4.51. The second-order valence-corrected chi connectivity index (χ2v) is 8.50. The molecule has 0 radical (unpaired) electrons. The molecule has 164 valence electrons. The molecule has 0 bridgehead atoms. The zero-order valence-electron chi connectivity index (χ0n) is 16.9. The molecule has 0 aliphatic carbocycles. The third kappa shape index (κ3) is 4.16. The maximum Gasteiger partial charge on any atom is 0.450 e. The van der Waals surface area contributed by atoms with Gasteiger partial charge in [0.1, 0.15) is 12.3 Å². The minimum atomic E-state index is -4.90. The molecule has 8 heteroatoms.